The van der Waals surface area contributed by atoms with Crippen molar-refractivity contribution >= 4 is 17.6 Å². The van der Waals surface area contributed by atoms with Crippen molar-refractivity contribution in [2.75, 3.05) is 5.73 Å². The van der Waals surface area contributed by atoms with E-state index in [2.05, 4.69) is 65.8 Å². The first-order valence-corrected chi connectivity index (χ1v) is 37.0. The number of nitrogens with two attached hydrogens (primary N) is 2. The number of hydrogen-bond donors (Lipinski definition) is 6. The van der Waals surface area contributed by atoms with Crippen LogP contribution in [0.4, 0.5) is 5.69 Å². The highest BCUT2D eigenvalue weighted by Crippen LogP contribution is 2.44. The molecule has 0 bridgehead atoms. The van der Waals surface area contributed by atoms with Crippen molar-refractivity contribution in [3.63, 3.8) is 0 Å². The number of aliphatic carboxylic acids is 1. The Morgan fingerprint density at radius 1 is 0.341 bits per heavy atom. The maximum atomic E-state index is 10.9. The monoisotopic (exact) mass is 1210 g/mol. The van der Waals surface area contributed by atoms with E-state index in [0.29, 0.717) is 23.3 Å². The van der Waals surface area contributed by atoms with E-state index in [4.69, 9.17) is 21.7 Å². The zero-order chi connectivity index (χ0) is 63.0. The Morgan fingerprint density at radius 2 is 0.591 bits per heavy atom. The molecule has 9 aliphatic rings. The number of hydrogen-bond acceptors (Lipinski definition) is 6. The van der Waals surface area contributed by atoms with Crippen LogP contribution in [0.25, 0.3) is 0 Å². The van der Waals surface area contributed by atoms with Crippen molar-refractivity contribution < 1.29 is 30.0 Å². The molecule has 0 amide bonds. The molecule has 0 spiro atoms. The second-order valence-corrected chi connectivity index (χ2v) is 31.3. The van der Waals surface area contributed by atoms with Crippen molar-refractivity contribution in [3.05, 3.63) is 95.1 Å². The maximum absolute atomic E-state index is 10.9. The van der Waals surface area contributed by atoms with Gasteiger partial charge in [0.1, 0.15) is 5.75 Å². The largest absolute Gasteiger partial charge is 0.508 e. The van der Waals surface area contributed by atoms with Gasteiger partial charge in [0.15, 0.2) is 0 Å². The quantitative estimate of drug-likeness (QED) is 0.121. The van der Waals surface area contributed by atoms with Gasteiger partial charge in [-0.15, -0.1) is 0 Å². The molecule has 0 atom stereocenters. The number of phenols is 1. The molecule has 9 fully saturated rings. The predicted molar refractivity (Wildman–Crippen MR) is 368 cm³/mol. The average Bonchev–Trinajstić information content (AvgIpc) is 3.61. The number of anilines is 1. The predicted octanol–water partition coefficient (Wildman–Crippen LogP) is 21.3. The summed E-state index contributed by atoms with van der Waals surface area (Å²) in [6.45, 7) is 14.2. The van der Waals surface area contributed by atoms with Crippen LogP contribution in [-0.2, 0) is 4.79 Å². The molecule has 0 saturated heterocycles. The Kier molecular flexibility index (Phi) is 30.6. The zero-order valence-electron chi connectivity index (χ0n) is 56.5. The fraction of sp³-hybridized carbons (Fsp3) is 0.750. The third-order valence-electron chi connectivity index (χ3n) is 24.3. The van der Waals surface area contributed by atoms with Crippen LogP contribution in [0.3, 0.4) is 0 Å². The van der Waals surface area contributed by atoms with Gasteiger partial charge in [0.2, 0.25) is 0 Å². The lowest BCUT2D eigenvalue weighted by molar-refractivity contribution is -0.143. The van der Waals surface area contributed by atoms with Crippen LogP contribution in [0.15, 0.2) is 72.8 Å². The number of aromatic carboxylic acids is 1. The molecule has 0 aromatic heterocycles. The summed E-state index contributed by atoms with van der Waals surface area (Å²) in [6, 6.07) is 24.1. The third-order valence-corrected chi connectivity index (χ3v) is 24.3. The summed E-state index contributed by atoms with van der Waals surface area (Å²) in [5.74, 6) is 12.4. The molecule has 0 aliphatic heterocycles. The second kappa shape index (κ2) is 37.6. The highest BCUT2D eigenvalue weighted by Gasteiger charge is 2.34. The molecule has 0 radical (unpaired) electrons. The number of carboxylic acid groups (broad SMARTS) is 2. The smallest absolute Gasteiger partial charge is 0.335 e. The van der Waals surface area contributed by atoms with Crippen molar-refractivity contribution in [2.24, 2.45) is 82.7 Å². The van der Waals surface area contributed by atoms with E-state index in [0.717, 1.165) is 127 Å². The SMILES string of the molecule is CC1CCC(C2CCC(C(=O)O)CC2)CC1.CC1CCC(C2CCC(N)CC2)CC1.CC1CCC(C2CCC(O)CC2)CC1.CC1CCC(c2ccc(C(=O)O)cc2)CC1.CC1CCC(c2ccc(N)cc2)CC1.CC1CCC(c2ccc(O)cc2)CC1. The van der Waals surface area contributed by atoms with Crippen molar-refractivity contribution in [1.82, 2.24) is 0 Å². The minimum absolute atomic E-state index is 0.0220. The first kappa shape index (κ1) is 71.6. The van der Waals surface area contributed by atoms with Crippen molar-refractivity contribution in [1.29, 1.82) is 0 Å². The number of phenolic OH excluding ortho intramolecular Hbond substituents is 1. The Bertz CT molecular complexity index is 2190. The lowest BCUT2D eigenvalue weighted by Crippen LogP contribution is -2.31. The minimum Gasteiger partial charge on any atom is -0.508 e. The fourth-order valence-corrected chi connectivity index (χ4v) is 17.5. The van der Waals surface area contributed by atoms with Crippen LogP contribution in [0.1, 0.15) is 317 Å². The average molecular weight is 1210 g/mol. The van der Waals surface area contributed by atoms with E-state index in [9.17, 15) is 19.8 Å². The molecule has 3 aromatic carbocycles. The van der Waals surface area contributed by atoms with Crippen LogP contribution in [-0.4, -0.2) is 44.5 Å². The lowest BCUT2D eigenvalue weighted by atomic mass is 9.69. The van der Waals surface area contributed by atoms with Crippen LogP contribution < -0.4 is 11.5 Å². The van der Waals surface area contributed by atoms with Gasteiger partial charge in [0.05, 0.1) is 17.6 Å². The molecule has 0 unspecified atom stereocenters. The Balaban J connectivity index is 0.000000151. The summed E-state index contributed by atoms with van der Waals surface area (Å²) >= 11 is 0. The van der Waals surface area contributed by atoms with Gasteiger partial charge in [0, 0.05) is 11.7 Å². The first-order valence-electron chi connectivity index (χ1n) is 37.0. The molecular weight excluding hydrogens is 1080 g/mol. The molecule has 9 saturated carbocycles. The Morgan fingerprint density at radius 3 is 0.886 bits per heavy atom. The minimum atomic E-state index is -0.844. The van der Waals surface area contributed by atoms with Gasteiger partial charge in [-0.2, -0.15) is 0 Å². The van der Waals surface area contributed by atoms with E-state index >= 15 is 0 Å². The molecule has 12 rings (SSSR count). The normalized spacial score (nSPS) is 35.0. The van der Waals surface area contributed by atoms with Gasteiger partial charge in [-0.05, 0) is 296 Å². The third kappa shape index (κ3) is 24.6. The van der Waals surface area contributed by atoms with Crippen LogP contribution in [0.2, 0.25) is 0 Å². The number of benzene rings is 3. The summed E-state index contributed by atoms with van der Waals surface area (Å²) in [5, 5.41) is 36.5. The zero-order valence-corrected chi connectivity index (χ0v) is 56.5. The summed E-state index contributed by atoms with van der Waals surface area (Å²) in [5.41, 5.74) is 17.1. The molecule has 3 aromatic rings. The van der Waals surface area contributed by atoms with Gasteiger partial charge in [-0.3, -0.25) is 4.79 Å². The number of aliphatic hydroxyl groups excluding tert-OH is 1. The van der Waals surface area contributed by atoms with Crippen LogP contribution >= 0.6 is 0 Å². The van der Waals surface area contributed by atoms with Crippen LogP contribution in [0.5, 0.6) is 5.75 Å². The first-order chi connectivity index (χ1) is 42.3. The van der Waals surface area contributed by atoms with E-state index in [1.54, 1.807) is 24.3 Å². The molecule has 8 N–H and O–H groups in total. The lowest BCUT2D eigenvalue weighted by Gasteiger charge is -2.36. The molecule has 8 heteroatoms. The number of rotatable bonds is 8. The summed E-state index contributed by atoms with van der Waals surface area (Å²) < 4.78 is 0. The highest BCUT2D eigenvalue weighted by atomic mass is 16.4. The second-order valence-electron chi connectivity index (χ2n) is 31.3. The molecule has 8 nitrogen and oxygen atoms in total. The molecular formula is C80H128N2O6. The van der Waals surface area contributed by atoms with E-state index < -0.39 is 11.9 Å². The van der Waals surface area contributed by atoms with Crippen molar-refractivity contribution in [3.8, 4) is 5.75 Å². The topological polar surface area (TPSA) is 167 Å². The number of aliphatic hydroxyl groups is 1. The number of aromatic hydroxyl groups is 1. The summed E-state index contributed by atoms with van der Waals surface area (Å²) in [6.07, 6.45) is 47.5. The van der Waals surface area contributed by atoms with E-state index in [1.807, 2.05) is 24.3 Å². The van der Waals surface area contributed by atoms with Gasteiger partial charge < -0.3 is 31.9 Å². The maximum Gasteiger partial charge on any atom is 0.335 e. The molecule has 494 valence electrons. The van der Waals surface area contributed by atoms with Crippen LogP contribution in [0, 0.1) is 76.9 Å². The van der Waals surface area contributed by atoms with Crippen molar-refractivity contribution in [2.45, 2.75) is 303 Å². The summed E-state index contributed by atoms with van der Waals surface area (Å²) in [4.78, 5) is 21.6. The highest BCUT2D eigenvalue weighted by molar-refractivity contribution is 5.87. The number of carbonyl (C=O) groups is 2. The molecule has 9 aliphatic carbocycles. The Labute approximate surface area is 536 Å². The molecule has 0 heterocycles. The van der Waals surface area contributed by atoms with E-state index in [-0.39, 0.29) is 12.0 Å². The molecule has 88 heavy (non-hydrogen) atoms. The van der Waals surface area contributed by atoms with Gasteiger partial charge in [0.25, 0.3) is 0 Å². The van der Waals surface area contributed by atoms with E-state index in [1.165, 1.54) is 209 Å². The van der Waals surface area contributed by atoms with Gasteiger partial charge >= 0.3 is 11.9 Å². The number of carboxylic acids is 2. The summed E-state index contributed by atoms with van der Waals surface area (Å²) in [7, 11) is 0. The fourth-order valence-electron chi connectivity index (χ4n) is 17.5. The standard InChI is InChI=1S/C14H24O2.C14H18O2.C13H25N.C13H19N.C13H24O.C13H18O/c2*1-10-2-4-11(5-3-10)12-6-8-13(9-7-12)14(15)16;4*1-10-2-4-11(5-3-10)12-6-8-13(14)9-7-12/h10-13H,2-9H2,1H3,(H,15,16);6-11H,2-5H2,1H3,(H,15,16);10-13H,2-9,14H2,1H3;6-11H,2-5,14H2,1H3;10-14H,2-9H2,1H3;6-11,14H,2-5H2,1H3. The Hall–Kier alpha value is -3.88. The van der Waals surface area contributed by atoms with Gasteiger partial charge in [-0.1, -0.05) is 155 Å². The van der Waals surface area contributed by atoms with Gasteiger partial charge in [-0.25, -0.2) is 4.79 Å². The number of nitrogen functional groups attached to an aromatic ring is 1.